The molecule has 7 nitrogen and oxygen atoms in total. The molecule has 29 heavy (non-hydrogen) atoms. The fourth-order valence-electron chi connectivity index (χ4n) is 2.42. The molecule has 0 bridgehead atoms. The normalized spacial score (nSPS) is 16.3. The number of aromatic nitrogens is 1. The molecule has 1 aromatic heterocycles. The van der Waals surface area contributed by atoms with Crippen molar-refractivity contribution in [3.63, 3.8) is 0 Å². The Kier molecular flexibility index (Phi) is 6.31. The number of rotatable bonds is 5. The van der Waals surface area contributed by atoms with Gasteiger partial charge in [0.25, 0.3) is 5.91 Å². The second-order valence-corrected chi connectivity index (χ2v) is 9.04. The zero-order valence-electron chi connectivity index (χ0n) is 16.2. The van der Waals surface area contributed by atoms with Crippen molar-refractivity contribution in [2.24, 2.45) is 4.99 Å². The molecule has 1 amide bonds. The van der Waals surface area contributed by atoms with Crippen LogP contribution in [0, 0.1) is 13.8 Å². The number of hydrogen-bond donors (Lipinski definition) is 2. The lowest BCUT2D eigenvalue weighted by Crippen LogP contribution is -2.24. The summed E-state index contributed by atoms with van der Waals surface area (Å²) < 4.78 is 30.8. The van der Waals surface area contributed by atoms with Crippen LogP contribution in [0.2, 0.25) is 0 Å². The molecule has 9 heteroatoms. The van der Waals surface area contributed by atoms with Crippen molar-refractivity contribution in [1.29, 1.82) is 0 Å². The van der Waals surface area contributed by atoms with Crippen LogP contribution >= 0.6 is 11.3 Å². The van der Waals surface area contributed by atoms with Crippen LogP contribution in [-0.4, -0.2) is 36.3 Å². The number of amides is 1. The van der Waals surface area contributed by atoms with E-state index in [4.69, 9.17) is 4.74 Å². The van der Waals surface area contributed by atoms with E-state index < -0.39 is 22.0 Å². The maximum absolute atomic E-state index is 12.4. The number of aliphatic imine (C=N–C) groups is 1. The molecule has 3 rings (SSSR count). The van der Waals surface area contributed by atoms with Crippen LogP contribution in [0.5, 0.6) is 5.75 Å². The van der Waals surface area contributed by atoms with Crippen LogP contribution in [0.4, 0.5) is 5.13 Å². The number of benzene rings is 1. The van der Waals surface area contributed by atoms with Gasteiger partial charge in [-0.05, 0) is 68.3 Å². The van der Waals surface area contributed by atoms with Crippen LogP contribution in [0.3, 0.4) is 0 Å². The van der Waals surface area contributed by atoms with Gasteiger partial charge in [-0.15, -0.1) is 11.3 Å². The smallest absolute Gasteiger partial charge is 0.286 e. The number of hydrogen-bond acceptors (Lipinski definition) is 5. The Balaban J connectivity index is 1.68. The predicted molar refractivity (Wildman–Crippen MR) is 118 cm³/mol. The maximum atomic E-state index is 12.4. The zero-order valence-corrected chi connectivity index (χ0v) is 17.8. The van der Waals surface area contributed by atoms with Crippen molar-refractivity contribution in [2.45, 2.75) is 26.9 Å². The van der Waals surface area contributed by atoms with Crippen molar-refractivity contribution >= 4 is 42.9 Å². The van der Waals surface area contributed by atoms with Crippen LogP contribution < -0.4 is 9.46 Å². The number of allylic oxidation sites excluding steroid dienone is 4. The second kappa shape index (κ2) is 8.73. The van der Waals surface area contributed by atoms with E-state index in [9.17, 15) is 13.6 Å². The van der Waals surface area contributed by atoms with Gasteiger partial charge in [0, 0.05) is 11.6 Å². The van der Waals surface area contributed by atoms with Crippen molar-refractivity contribution in [3.8, 4) is 5.75 Å². The zero-order chi connectivity index (χ0) is 21.0. The Bertz CT molecular complexity index is 1110. The first-order valence-electron chi connectivity index (χ1n) is 8.78. The molecular formula is C20H21N3O4S2. The lowest BCUT2D eigenvalue weighted by atomic mass is 10.1. The minimum atomic E-state index is -3.50. The van der Waals surface area contributed by atoms with Gasteiger partial charge in [0.2, 0.25) is 0 Å². The van der Waals surface area contributed by atoms with E-state index in [1.165, 1.54) is 41.8 Å². The second-order valence-electron chi connectivity index (χ2n) is 6.42. The highest BCUT2D eigenvalue weighted by Crippen LogP contribution is 2.18. The molecule has 0 saturated carbocycles. The molecule has 1 aliphatic rings. The SMILES string of the molecule is Cc1ccc(O[C@H](C)C(=O)N=C2C=CC(=S(=O)(O)Nc3nccs3)C=C2)cc1C. The summed E-state index contributed by atoms with van der Waals surface area (Å²) in [5.41, 5.74) is 2.60. The van der Waals surface area contributed by atoms with E-state index in [1.54, 1.807) is 12.3 Å². The van der Waals surface area contributed by atoms with Gasteiger partial charge in [-0.25, -0.2) is 14.2 Å². The quantitative estimate of drug-likeness (QED) is 0.705. The van der Waals surface area contributed by atoms with Crippen LogP contribution in [0.15, 0.2) is 59.1 Å². The lowest BCUT2D eigenvalue weighted by Gasteiger charge is -2.13. The highest BCUT2D eigenvalue weighted by Gasteiger charge is 2.16. The Hall–Kier alpha value is -2.75. The van der Waals surface area contributed by atoms with Gasteiger partial charge < -0.3 is 4.74 Å². The van der Waals surface area contributed by atoms with Gasteiger partial charge in [0.1, 0.15) is 5.75 Å². The average molecular weight is 432 g/mol. The van der Waals surface area contributed by atoms with E-state index >= 15 is 0 Å². The summed E-state index contributed by atoms with van der Waals surface area (Å²) in [5.74, 6) is 0.161. The Morgan fingerprint density at radius 1 is 1.24 bits per heavy atom. The molecule has 1 aliphatic carbocycles. The van der Waals surface area contributed by atoms with Crippen LogP contribution in [-0.2, 0) is 14.8 Å². The maximum Gasteiger partial charge on any atom is 0.286 e. The predicted octanol–water partition coefficient (Wildman–Crippen LogP) is 3.58. The first-order chi connectivity index (χ1) is 13.7. The van der Waals surface area contributed by atoms with Gasteiger partial charge in [-0.2, -0.15) is 0 Å². The number of carbonyl (C=O) groups excluding carboxylic acids is 1. The third-order valence-electron chi connectivity index (χ3n) is 4.19. The number of nitrogens with one attached hydrogen (secondary N) is 1. The molecule has 2 N–H and O–H groups in total. The van der Waals surface area contributed by atoms with E-state index in [0.717, 1.165) is 11.1 Å². The first kappa shape index (κ1) is 21.0. The molecule has 0 radical (unpaired) electrons. The molecule has 1 aromatic carbocycles. The van der Waals surface area contributed by atoms with Gasteiger partial charge in [-0.1, -0.05) is 6.07 Å². The summed E-state index contributed by atoms with van der Waals surface area (Å²) in [6, 6.07) is 5.62. The van der Waals surface area contributed by atoms with E-state index in [-0.39, 0.29) is 4.86 Å². The minimum absolute atomic E-state index is 0.165. The first-order valence-corrected chi connectivity index (χ1v) is 11.2. The third-order valence-corrected chi connectivity index (χ3v) is 6.39. The van der Waals surface area contributed by atoms with Crippen LogP contribution in [0.1, 0.15) is 18.1 Å². The molecule has 0 fully saturated rings. The van der Waals surface area contributed by atoms with Crippen molar-refractivity contribution in [3.05, 3.63) is 65.2 Å². The topological polar surface area (TPSA) is 101 Å². The molecule has 152 valence electrons. The third kappa shape index (κ3) is 5.41. The van der Waals surface area contributed by atoms with Gasteiger partial charge >= 0.3 is 0 Å². The van der Waals surface area contributed by atoms with Crippen molar-refractivity contribution < 1.29 is 18.3 Å². The lowest BCUT2D eigenvalue weighted by molar-refractivity contribution is -0.123. The summed E-state index contributed by atoms with van der Waals surface area (Å²) >= 11 is 1.22. The van der Waals surface area contributed by atoms with E-state index in [0.29, 0.717) is 16.6 Å². The fraction of sp³-hybridized carbons (Fsp3) is 0.200. The minimum Gasteiger partial charge on any atom is -0.481 e. The molecule has 1 heterocycles. The fourth-order valence-corrected chi connectivity index (χ4v) is 4.23. The molecule has 0 saturated heterocycles. The number of anilines is 1. The average Bonchev–Trinajstić information content (AvgIpc) is 3.17. The van der Waals surface area contributed by atoms with Crippen LogP contribution in [0.25, 0.3) is 0 Å². The molecule has 1 unspecified atom stereocenters. The molecule has 0 spiro atoms. The van der Waals surface area contributed by atoms with Crippen molar-refractivity contribution in [2.75, 3.05) is 4.72 Å². The summed E-state index contributed by atoms with van der Waals surface area (Å²) in [6.07, 6.45) is 6.70. The number of thiazole rings is 1. The van der Waals surface area contributed by atoms with E-state index in [1.807, 2.05) is 32.0 Å². The highest BCUT2D eigenvalue weighted by atomic mass is 32.2. The summed E-state index contributed by atoms with van der Waals surface area (Å²) in [6.45, 7) is 5.61. The highest BCUT2D eigenvalue weighted by molar-refractivity contribution is 7.99. The Morgan fingerprint density at radius 3 is 2.59 bits per heavy atom. The number of ether oxygens (including phenoxy) is 1. The van der Waals surface area contributed by atoms with E-state index in [2.05, 4.69) is 14.7 Å². The van der Waals surface area contributed by atoms with Gasteiger partial charge in [0.15, 0.2) is 21.2 Å². The summed E-state index contributed by atoms with van der Waals surface area (Å²) in [5, 5.41) is 2.05. The molecular weight excluding hydrogens is 410 g/mol. The largest absolute Gasteiger partial charge is 0.481 e. The standard InChI is InChI=1S/C20H21N3O4S2/c1-13-4-7-17(12-14(13)2)27-15(3)19(24)22-16-5-8-18(9-6-16)29(25,26)23-20-21-10-11-28-20/h4-12,15H,1-3H3,(H2,21,23,25,26)/t15-/m1/s1. The molecule has 2 aromatic rings. The van der Waals surface area contributed by atoms with Gasteiger partial charge in [0.05, 0.1) is 10.6 Å². The number of carbonyl (C=O) groups is 1. The van der Waals surface area contributed by atoms with Gasteiger partial charge in [-0.3, -0.25) is 14.1 Å². The Morgan fingerprint density at radius 2 is 1.97 bits per heavy atom. The molecule has 0 aliphatic heterocycles. The number of nitrogens with zero attached hydrogens (tertiary/aromatic N) is 2. The monoisotopic (exact) mass is 431 g/mol. The summed E-state index contributed by atoms with van der Waals surface area (Å²) in [7, 11) is -3.50. The molecule has 2 atom stereocenters. The number of aryl methyl sites for hydroxylation is 2. The Labute approximate surface area is 173 Å². The summed E-state index contributed by atoms with van der Waals surface area (Å²) in [4.78, 5) is 20.5. The van der Waals surface area contributed by atoms with Crippen molar-refractivity contribution in [1.82, 2.24) is 4.98 Å².